The summed E-state index contributed by atoms with van der Waals surface area (Å²) in [6, 6.07) is 2.18. The highest BCUT2D eigenvalue weighted by Gasteiger charge is 2.28. The average molecular weight is 315 g/mol. The maximum atomic E-state index is 13.1. The van der Waals surface area contributed by atoms with E-state index in [1.807, 2.05) is 0 Å². The van der Waals surface area contributed by atoms with Crippen molar-refractivity contribution in [3.05, 3.63) is 24.0 Å². The van der Waals surface area contributed by atoms with E-state index in [1.54, 1.807) is 6.92 Å². The number of nitrogens with one attached hydrogen (secondary N) is 2. The highest BCUT2D eigenvalue weighted by Crippen LogP contribution is 2.25. The van der Waals surface area contributed by atoms with E-state index >= 15 is 0 Å². The molecule has 0 amide bonds. The van der Waals surface area contributed by atoms with E-state index in [0.717, 1.165) is 12.1 Å². The number of halogens is 1. The van der Waals surface area contributed by atoms with E-state index in [1.165, 1.54) is 6.07 Å². The van der Waals surface area contributed by atoms with Crippen molar-refractivity contribution < 1.29 is 22.7 Å². The molecular formula is C12H14FN3O4S. The molecule has 21 heavy (non-hydrogen) atoms. The van der Waals surface area contributed by atoms with Gasteiger partial charge in [-0.05, 0) is 24.6 Å². The Balaban J connectivity index is 2.39. The fourth-order valence-electron chi connectivity index (χ4n) is 1.89. The molecule has 0 spiro atoms. The summed E-state index contributed by atoms with van der Waals surface area (Å²) >= 11 is 0. The molecule has 0 saturated carbocycles. The van der Waals surface area contributed by atoms with Gasteiger partial charge in [-0.3, -0.25) is 0 Å². The molecule has 2 rings (SSSR count). The van der Waals surface area contributed by atoms with Gasteiger partial charge in [0.15, 0.2) is 6.04 Å². The van der Waals surface area contributed by atoms with Crippen molar-refractivity contribution >= 4 is 27.6 Å². The molecule has 1 unspecified atom stereocenters. The minimum atomic E-state index is -3.98. The lowest BCUT2D eigenvalue weighted by molar-refractivity contribution is -0.138. The number of benzene rings is 1. The molecule has 0 aromatic heterocycles. The van der Waals surface area contributed by atoms with Gasteiger partial charge in [0, 0.05) is 0 Å². The Morgan fingerprint density at radius 2 is 2.19 bits per heavy atom. The molecule has 0 fully saturated rings. The van der Waals surface area contributed by atoms with Gasteiger partial charge in [0.25, 0.3) is 10.0 Å². The molecule has 1 aliphatic heterocycles. The first-order valence-corrected chi connectivity index (χ1v) is 7.72. The number of anilines is 1. The Labute approximate surface area is 120 Å². The number of nitrogens with zero attached hydrogens (tertiary/aromatic N) is 1. The normalized spacial score (nSPS) is 19.2. The summed E-state index contributed by atoms with van der Waals surface area (Å²) in [5.74, 6) is -2.01. The van der Waals surface area contributed by atoms with Crippen LogP contribution in [0.3, 0.4) is 0 Å². The molecule has 1 aromatic carbocycles. The van der Waals surface area contributed by atoms with E-state index in [4.69, 9.17) is 5.11 Å². The standard InChI is InChI=1S/C12H14FN3O4S/c1-2-3-9(11(17)18)15-12-14-8-5-4-7(13)6-10(8)21(19,20)16-12/h4-6,9H,2-3H2,1H3,(H,17,18)(H2,14,15,16). The van der Waals surface area contributed by atoms with Crippen LogP contribution in [0.15, 0.2) is 28.1 Å². The van der Waals surface area contributed by atoms with Crippen LogP contribution >= 0.6 is 0 Å². The number of rotatable bonds is 4. The van der Waals surface area contributed by atoms with Crippen molar-refractivity contribution in [2.24, 2.45) is 4.99 Å². The minimum Gasteiger partial charge on any atom is -0.480 e. The molecule has 9 heteroatoms. The minimum absolute atomic E-state index is 0.148. The first-order chi connectivity index (χ1) is 9.83. The van der Waals surface area contributed by atoms with Crippen molar-refractivity contribution in [2.45, 2.75) is 30.7 Å². The molecule has 7 nitrogen and oxygen atoms in total. The Kier molecular flexibility index (Phi) is 4.12. The van der Waals surface area contributed by atoms with E-state index in [0.29, 0.717) is 6.42 Å². The van der Waals surface area contributed by atoms with Crippen LogP contribution in [0.2, 0.25) is 0 Å². The molecule has 0 aliphatic carbocycles. The fourth-order valence-corrected chi connectivity index (χ4v) is 3.03. The maximum Gasteiger partial charge on any atom is 0.328 e. The van der Waals surface area contributed by atoms with Gasteiger partial charge >= 0.3 is 5.97 Å². The van der Waals surface area contributed by atoms with Crippen LogP contribution in [0, 0.1) is 5.82 Å². The molecule has 0 saturated heterocycles. The zero-order chi connectivity index (χ0) is 15.6. The SMILES string of the molecule is CCCC(N=C1Nc2ccc(F)cc2S(=O)(=O)N1)C(=O)O. The van der Waals surface area contributed by atoms with Gasteiger partial charge in [0.1, 0.15) is 10.7 Å². The molecule has 1 atom stereocenters. The number of carbonyl (C=O) groups is 1. The maximum absolute atomic E-state index is 13.1. The van der Waals surface area contributed by atoms with Gasteiger partial charge in [0.05, 0.1) is 5.69 Å². The number of hydrogen-bond acceptors (Lipinski definition) is 4. The topological polar surface area (TPSA) is 108 Å². The van der Waals surface area contributed by atoms with Gasteiger partial charge in [-0.15, -0.1) is 0 Å². The number of aliphatic carboxylic acids is 1. The predicted octanol–water partition coefficient (Wildman–Crippen LogP) is 1.14. The summed E-state index contributed by atoms with van der Waals surface area (Å²) in [7, 11) is -3.98. The van der Waals surface area contributed by atoms with Crippen LogP contribution in [0.5, 0.6) is 0 Å². The van der Waals surface area contributed by atoms with E-state index in [-0.39, 0.29) is 23.0 Å². The van der Waals surface area contributed by atoms with Gasteiger partial charge in [-0.2, -0.15) is 0 Å². The zero-order valence-electron chi connectivity index (χ0n) is 11.1. The van der Waals surface area contributed by atoms with Gasteiger partial charge < -0.3 is 10.4 Å². The van der Waals surface area contributed by atoms with Crippen molar-refractivity contribution in [1.29, 1.82) is 0 Å². The highest BCUT2D eigenvalue weighted by atomic mass is 32.2. The third-order valence-electron chi connectivity index (χ3n) is 2.85. The number of guanidine groups is 1. The van der Waals surface area contributed by atoms with Gasteiger partial charge in [-0.1, -0.05) is 13.3 Å². The zero-order valence-corrected chi connectivity index (χ0v) is 11.9. The first kappa shape index (κ1) is 15.2. The third-order valence-corrected chi connectivity index (χ3v) is 4.23. The van der Waals surface area contributed by atoms with Crippen LogP contribution in [0.4, 0.5) is 10.1 Å². The molecule has 1 aromatic rings. The Bertz CT molecular complexity index is 702. The summed E-state index contributed by atoms with van der Waals surface area (Å²) < 4.78 is 39.2. The lowest BCUT2D eigenvalue weighted by Gasteiger charge is -2.22. The van der Waals surface area contributed by atoms with Crippen molar-refractivity contribution in [1.82, 2.24) is 4.72 Å². The summed E-state index contributed by atoms with van der Waals surface area (Å²) in [4.78, 5) is 14.7. The van der Waals surface area contributed by atoms with Crippen LogP contribution in [-0.4, -0.2) is 31.5 Å². The quantitative estimate of drug-likeness (QED) is 0.772. The lowest BCUT2D eigenvalue weighted by atomic mass is 10.2. The molecule has 1 aliphatic rings. The van der Waals surface area contributed by atoms with E-state index in [9.17, 15) is 17.6 Å². The molecule has 0 bridgehead atoms. The van der Waals surface area contributed by atoms with E-state index < -0.39 is 27.9 Å². The van der Waals surface area contributed by atoms with E-state index in [2.05, 4.69) is 15.0 Å². The van der Waals surface area contributed by atoms with Crippen LogP contribution in [0.25, 0.3) is 0 Å². The van der Waals surface area contributed by atoms with Gasteiger partial charge in [0.2, 0.25) is 5.96 Å². The van der Waals surface area contributed by atoms with Crippen LogP contribution in [-0.2, 0) is 14.8 Å². The number of carboxylic acid groups (broad SMARTS) is 1. The van der Waals surface area contributed by atoms with Crippen LogP contribution in [0.1, 0.15) is 19.8 Å². The second-order valence-electron chi connectivity index (χ2n) is 4.49. The van der Waals surface area contributed by atoms with Crippen molar-refractivity contribution in [3.8, 4) is 0 Å². The number of fused-ring (bicyclic) bond motifs is 1. The van der Waals surface area contributed by atoms with Crippen molar-refractivity contribution in [3.63, 3.8) is 0 Å². The second-order valence-corrected chi connectivity index (χ2v) is 6.14. The molecule has 3 N–H and O–H groups in total. The predicted molar refractivity (Wildman–Crippen MR) is 74.1 cm³/mol. The first-order valence-electron chi connectivity index (χ1n) is 6.23. The molecule has 0 radical (unpaired) electrons. The summed E-state index contributed by atoms with van der Waals surface area (Å²) in [6.45, 7) is 1.80. The summed E-state index contributed by atoms with van der Waals surface area (Å²) in [6.07, 6.45) is 0.862. The summed E-state index contributed by atoms with van der Waals surface area (Å²) in [5.41, 5.74) is 0.148. The number of hydrogen-bond donors (Lipinski definition) is 3. The molecular weight excluding hydrogens is 301 g/mol. The fraction of sp³-hybridized carbons (Fsp3) is 0.333. The largest absolute Gasteiger partial charge is 0.480 e. The second kappa shape index (κ2) is 5.68. The van der Waals surface area contributed by atoms with Crippen molar-refractivity contribution in [2.75, 3.05) is 5.32 Å². The Morgan fingerprint density at radius 3 is 2.81 bits per heavy atom. The van der Waals surface area contributed by atoms with Crippen LogP contribution < -0.4 is 10.0 Å². The van der Waals surface area contributed by atoms with Gasteiger partial charge in [-0.25, -0.2) is 27.3 Å². The molecule has 114 valence electrons. The number of aliphatic imine (C=N–C) groups is 1. The number of carboxylic acids is 1. The Morgan fingerprint density at radius 1 is 1.48 bits per heavy atom. The lowest BCUT2D eigenvalue weighted by Crippen LogP contribution is -2.42. The monoisotopic (exact) mass is 315 g/mol. The highest BCUT2D eigenvalue weighted by molar-refractivity contribution is 7.90. The Hall–Kier alpha value is -2.16. The molecule has 1 heterocycles. The average Bonchev–Trinajstić information content (AvgIpc) is 2.38. The summed E-state index contributed by atoms with van der Waals surface area (Å²) in [5, 5.41) is 11.7. The third kappa shape index (κ3) is 3.30. The number of sulfonamides is 1. The smallest absolute Gasteiger partial charge is 0.328 e.